The lowest BCUT2D eigenvalue weighted by Gasteiger charge is -2.27. The van der Waals surface area contributed by atoms with Crippen LogP contribution < -0.4 is 4.90 Å². The van der Waals surface area contributed by atoms with Gasteiger partial charge in [0.25, 0.3) is 0 Å². The molecule has 1 rings (SSSR count). The molecule has 0 fully saturated rings. The van der Waals surface area contributed by atoms with E-state index in [-0.39, 0.29) is 5.91 Å². The maximum Gasteiger partial charge on any atom is 0.242 e. The van der Waals surface area contributed by atoms with Crippen molar-refractivity contribution in [3.8, 4) is 0 Å². The summed E-state index contributed by atoms with van der Waals surface area (Å²) in [6.07, 6.45) is 0. The standard InChI is InChI=1S/C16H26N2O/c1-6-17(7-2)16(19)12-18(8-3)15-10-13(4)9-14(5)11-15/h9-11H,6-8,12H2,1-5H3. The molecular formula is C16H26N2O. The number of hydrogen-bond donors (Lipinski definition) is 0. The van der Waals surface area contributed by atoms with Gasteiger partial charge in [0.2, 0.25) is 5.91 Å². The number of anilines is 1. The Hall–Kier alpha value is -1.51. The Morgan fingerprint density at radius 3 is 1.89 bits per heavy atom. The lowest BCUT2D eigenvalue weighted by atomic mass is 10.1. The molecule has 0 saturated heterocycles. The topological polar surface area (TPSA) is 23.6 Å². The van der Waals surface area contributed by atoms with E-state index in [4.69, 9.17) is 0 Å². The van der Waals surface area contributed by atoms with E-state index in [9.17, 15) is 4.79 Å². The molecular weight excluding hydrogens is 236 g/mol. The van der Waals surface area contributed by atoms with Crippen LogP contribution in [0.15, 0.2) is 18.2 Å². The number of benzene rings is 1. The molecule has 0 radical (unpaired) electrons. The highest BCUT2D eigenvalue weighted by Crippen LogP contribution is 2.18. The maximum atomic E-state index is 12.2. The predicted octanol–water partition coefficient (Wildman–Crippen LogP) is 3.00. The van der Waals surface area contributed by atoms with Crippen molar-refractivity contribution in [1.29, 1.82) is 0 Å². The molecule has 0 spiro atoms. The van der Waals surface area contributed by atoms with Gasteiger partial charge in [-0.25, -0.2) is 0 Å². The Bertz CT molecular complexity index is 405. The highest BCUT2D eigenvalue weighted by atomic mass is 16.2. The van der Waals surface area contributed by atoms with Crippen molar-refractivity contribution < 1.29 is 4.79 Å². The highest BCUT2D eigenvalue weighted by molar-refractivity contribution is 5.81. The third kappa shape index (κ3) is 4.27. The second kappa shape index (κ2) is 7.17. The minimum Gasteiger partial charge on any atom is -0.362 e. The van der Waals surface area contributed by atoms with Gasteiger partial charge in [-0.15, -0.1) is 0 Å². The van der Waals surface area contributed by atoms with Crippen molar-refractivity contribution >= 4 is 11.6 Å². The fourth-order valence-corrected chi connectivity index (χ4v) is 2.36. The average Bonchev–Trinajstić information content (AvgIpc) is 2.36. The molecule has 3 nitrogen and oxygen atoms in total. The minimum atomic E-state index is 0.200. The van der Waals surface area contributed by atoms with Gasteiger partial charge in [0, 0.05) is 25.3 Å². The Labute approximate surface area is 117 Å². The zero-order chi connectivity index (χ0) is 14.4. The summed E-state index contributed by atoms with van der Waals surface area (Å²) in [6, 6.07) is 6.45. The number of rotatable bonds is 6. The first-order valence-corrected chi connectivity index (χ1v) is 7.12. The number of likely N-dealkylation sites (N-methyl/N-ethyl adjacent to an activating group) is 2. The number of hydrogen-bond acceptors (Lipinski definition) is 2. The molecule has 106 valence electrons. The Morgan fingerprint density at radius 2 is 1.47 bits per heavy atom. The Morgan fingerprint density at radius 1 is 0.947 bits per heavy atom. The van der Waals surface area contributed by atoms with Crippen LogP contribution in [0.4, 0.5) is 5.69 Å². The fraction of sp³-hybridized carbons (Fsp3) is 0.562. The van der Waals surface area contributed by atoms with Crippen LogP contribution in [0.25, 0.3) is 0 Å². The van der Waals surface area contributed by atoms with E-state index in [1.165, 1.54) is 11.1 Å². The van der Waals surface area contributed by atoms with E-state index in [1.807, 2.05) is 18.7 Å². The molecule has 0 unspecified atom stereocenters. The predicted molar refractivity (Wildman–Crippen MR) is 81.7 cm³/mol. The minimum absolute atomic E-state index is 0.200. The number of nitrogens with zero attached hydrogens (tertiary/aromatic N) is 2. The van der Waals surface area contributed by atoms with E-state index >= 15 is 0 Å². The highest BCUT2D eigenvalue weighted by Gasteiger charge is 2.14. The maximum absolute atomic E-state index is 12.2. The zero-order valence-corrected chi connectivity index (χ0v) is 12.9. The van der Waals surface area contributed by atoms with Crippen LogP contribution >= 0.6 is 0 Å². The van der Waals surface area contributed by atoms with E-state index in [1.54, 1.807) is 0 Å². The fourth-order valence-electron chi connectivity index (χ4n) is 2.36. The van der Waals surface area contributed by atoms with Crippen molar-refractivity contribution in [2.24, 2.45) is 0 Å². The van der Waals surface area contributed by atoms with Crippen molar-refractivity contribution in [3.63, 3.8) is 0 Å². The van der Waals surface area contributed by atoms with E-state index in [2.05, 4.69) is 43.9 Å². The van der Waals surface area contributed by atoms with Crippen LogP contribution in [0.2, 0.25) is 0 Å². The van der Waals surface area contributed by atoms with Gasteiger partial charge >= 0.3 is 0 Å². The van der Waals surface area contributed by atoms with Crippen molar-refractivity contribution in [2.75, 3.05) is 31.1 Å². The molecule has 1 amide bonds. The summed E-state index contributed by atoms with van der Waals surface area (Å²) in [5, 5.41) is 0. The van der Waals surface area contributed by atoms with Gasteiger partial charge in [0.05, 0.1) is 6.54 Å². The molecule has 0 atom stereocenters. The first-order chi connectivity index (χ1) is 9.01. The van der Waals surface area contributed by atoms with Crippen LogP contribution in [0.1, 0.15) is 31.9 Å². The Balaban J connectivity index is 2.86. The first-order valence-electron chi connectivity index (χ1n) is 7.12. The molecule has 0 aromatic heterocycles. The number of carbonyl (C=O) groups excluding carboxylic acids is 1. The third-order valence-corrected chi connectivity index (χ3v) is 3.40. The summed E-state index contributed by atoms with van der Waals surface area (Å²) < 4.78 is 0. The van der Waals surface area contributed by atoms with Gasteiger partial charge in [0.1, 0.15) is 0 Å². The molecule has 3 heteroatoms. The monoisotopic (exact) mass is 262 g/mol. The third-order valence-electron chi connectivity index (χ3n) is 3.40. The quantitative estimate of drug-likeness (QED) is 0.787. The van der Waals surface area contributed by atoms with Crippen molar-refractivity contribution in [1.82, 2.24) is 4.90 Å². The average molecular weight is 262 g/mol. The Kier molecular flexibility index (Phi) is 5.87. The van der Waals surface area contributed by atoms with Crippen LogP contribution in [-0.4, -0.2) is 37.0 Å². The number of carbonyl (C=O) groups is 1. The molecule has 0 aliphatic carbocycles. The SMILES string of the molecule is CCN(CC)C(=O)CN(CC)c1cc(C)cc(C)c1. The second-order valence-electron chi connectivity index (χ2n) is 4.93. The second-order valence-corrected chi connectivity index (χ2v) is 4.93. The summed E-state index contributed by atoms with van der Waals surface area (Å²) in [4.78, 5) is 16.2. The molecule has 19 heavy (non-hydrogen) atoms. The summed E-state index contributed by atoms with van der Waals surface area (Å²) >= 11 is 0. The summed E-state index contributed by atoms with van der Waals surface area (Å²) in [5.41, 5.74) is 3.62. The normalized spacial score (nSPS) is 10.4. The molecule has 0 aliphatic rings. The van der Waals surface area contributed by atoms with Gasteiger partial charge < -0.3 is 9.80 Å². The summed E-state index contributed by atoms with van der Waals surface area (Å²) in [6.45, 7) is 13.2. The van der Waals surface area contributed by atoms with Crippen molar-refractivity contribution in [2.45, 2.75) is 34.6 Å². The summed E-state index contributed by atoms with van der Waals surface area (Å²) in [5.74, 6) is 0.200. The zero-order valence-electron chi connectivity index (χ0n) is 12.9. The lowest BCUT2D eigenvalue weighted by molar-refractivity contribution is -0.129. The summed E-state index contributed by atoms with van der Waals surface area (Å²) in [7, 11) is 0. The molecule has 1 aromatic rings. The molecule has 1 aromatic carbocycles. The molecule has 0 saturated carbocycles. The smallest absolute Gasteiger partial charge is 0.242 e. The lowest BCUT2D eigenvalue weighted by Crippen LogP contribution is -2.40. The van der Waals surface area contributed by atoms with Gasteiger partial charge in [-0.2, -0.15) is 0 Å². The van der Waals surface area contributed by atoms with E-state index < -0.39 is 0 Å². The molecule has 0 aliphatic heterocycles. The van der Waals surface area contributed by atoms with Crippen molar-refractivity contribution in [3.05, 3.63) is 29.3 Å². The molecule has 0 N–H and O–H groups in total. The van der Waals surface area contributed by atoms with Crippen LogP contribution in [0.3, 0.4) is 0 Å². The first kappa shape index (κ1) is 15.5. The van der Waals surface area contributed by atoms with Gasteiger partial charge in [0.15, 0.2) is 0 Å². The van der Waals surface area contributed by atoms with E-state index in [0.29, 0.717) is 6.54 Å². The van der Waals surface area contributed by atoms with Crippen LogP contribution in [-0.2, 0) is 4.79 Å². The molecule has 0 heterocycles. The largest absolute Gasteiger partial charge is 0.362 e. The number of aryl methyl sites for hydroxylation is 2. The van der Waals surface area contributed by atoms with Crippen LogP contribution in [0, 0.1) is 13.8 Å². The van der Waals surface area contributed by atoms with Gasteiger partial charge in [-0.05, 0) is 57.9 Å². The van der Waals surface area contributed by atoms with Gasteiger partial charge in [-0.1, -0.05) is 6.07 Å². The van der Waals surface area contributed by atoms with Crippen LogP contribution in [0.5, 0.6) is 0 Å². The van der Waals surface area contributed by atoms with E-state index in [0.717, 1.165) is 25.3 Å². The molecule has 0 bridgehead atoms. The number of amides is 1. The van der Waals surface area contributed by atoms with Gasteiger partial charge in [-0.3, -0.25) is 4.79 Å².